The molecule has 1 heterocycles. The van der Waals surface area contributed by atoms with E-state index in [1.165, 1.54) is 18.2 Å². The first-order chi connectivity index (χ1) is 12.4. The Morgan fingerprint density at radius 3 is 2.54 bits per heavy atom. The highest BCUT2D eigenvalue weighted by Crippen LogP contribution is 2.32. The van der Waals surface area contributed by atoms with E-state index in [4.69, 9.17) is 9.47 Å². The van der Waals surface area contributed by atoms with Crippen LogP contribution in [-0.4, -0.2) is 19.2 Å². The molecule has 0 aliphatic carbocycles. The molecule has 4 nitrogen and oxygen atoms in total. The number of alkyl halides is 3. The van der Waals surface area contributed by atoms with Gasteiger partial charge in [-0.05, 0) is 47.9 Å². The van der Waals surface area contributed by atoms with E-state index in [-0.39, 0.29) is 12.7 Å². The molecule has 26 heavy (non-hydrogen) atoms. The van der Waals surface area contributed by atoms with E-state index in [0.717, 1.165) is 23.3 Å². The van der Waals surface area contributed by atoms with Gasteiger partial charge in [-0.25, -0.2) is 0 Å². The smallest absolute Gasteiger partial charge is 0.416 e. The van der Waals surface area contributed by atoms with Crippen molar-refractivity contribution in [2.24, 2.45) is 0 Å². The van der Waals surface area contributed by atoms with E-state index < -0.39 is 11.7 Å². The number of carbonyl (C=O) groups is 1. The molecule has 0 spiro atoms. The van der Waals surface area contributed by atoms with E-state index in [9.17, 15) is 18.0 Å². The van der Waals surface area contributed by atoms with Gasteiger partial charge in [0.1, 0.15) is 0 Å². The van der Waals surface area contributed by atoms with E-state index in [1.807, 2.05) is 0 Å². The van der Waals surface area contributed by atoms with Gasteiger partial charge in [-0.3, -0.25) is 4.79 Å². The van der Waals surface area contributed by atoms with E-state index >= 15 is 0 Å². The van der Waals surface area contributed by atoms with E-state index in [1.54, 1.807) is 24.3 Å². The van der Waals surface area contributed by atoms with Crippen LogP contribution in [0, 0.1) is 0 Å². The van der Waals surface area contributed by atoms with Crippen molar-refractivity contribution < 1.29 is 27.4 Å². The Hall–Kier alpha value is -2.96. The Labute approximate surface area is 148 Å². The van der Waals surface area contributed by atoms with Crippen molar-refractivity contribution in [2.45, 2.75) is 12.6 Å². The quantitative estimate of drug-likeness (QED) is 0.822. The normalized spacial score (nSPS) is 13.2. The number of ether oxygens (including phenoxy) is 2. The molecular weight excluding hydrogens is 347 g/mol. The van der Waals surface area contributed by atoms with E-state index in [0.29, 0.717) is 24.5 Å². The van der Waals surface area contributed by atoms with Gasteiger partial charge < -0.3 is 14.8 Å². The molecule has 0 radical (unpaired) electrons. The highest BCUT2D eigenvalue weighted by atomic mass is 19.4. The van der Waals surface area contributed by atoms with Crippen molar-refractivity contribution >= 4 is 12.0 Å². The molecule has 0 aromatic heterocycles. The second kappa shape index (κ2) is 7.51. The number of carbonyl (C=O) groups excluding carboxylic acids is 1. The van der Waals surface area contributed by atoms with Gasteiger partial charge in [0.2, 0.25) is 12.7 Å². The number of hydrogen-bond donors (Lipinski definition) is 1. The molecule has 0 atom stereocenters. The molecule has 7 heteroatoms. The summed E-state index contributed by atoms with van der Waals surface area (Å²) in [6.45, 7) is 0.516. The average Bonchev–Trinajstić information content (AvgIpc) is 3.07. The molecule has 2 aromatic rings. The fourth-order valence-electron chi connectivity index (χ4n) is 2.44. The van der Waals surface area contributed by atoms with Crippen LogP contribution in [0.15, 0.2) is 48.5 Å². The van der Waals surface area contributed by atoms with Crippen LogP contribution in [0.2, 0.25) is 0 Å². The number of halogens is 3. The summed E-state index contributed by atoms with van der Waals surface area (Å²) in [5.74, 6) is 1.02. The first-order valence-corrected chi connectivity index (χ1v) is 7.93. The zero-order valence-electron chi connectivity index (χ0n) is 13.7. The summed E-state index contributed by atoms with van der Waals surface area (Å²) in [5.41, 5.74) is 0.835. The molecule has 2 aromatic carbocycles. The van der Waals surface area contributed by atoms with Crippen LogP contribution in [0.4, 0.5) is 13.2 Å². The molecule has 0 bridgehead atoms. The molecule has 1 aliphatic rings. The Bertz CT molecular complexity index is 814. The third-order valence-electron chi connectivity index (χ3n) is 3.82. The largest absolute Gasteiger partial charge is 0.454 e. The van der Waals surface area contributed by atoms with Crippen LogP contribution in [0.3, 0.4) is 0 Å². The lowest BCUT2D eigenvalue weighted by atomic mass is 10.1. The fourth-order valence-corrected chi connectivity index (χ4v) is 2.44. The summed E-state index contributed by atoms with van der Waals surface area (Å²) in [6.07, 6.45) is -0.853. The van der Waals surface area contributed by atoms with Crippen molar-refractivity contribution in [3.8, 4) is 11.5 Å². The topological polar surface area (TPSA) is 47.6 Å². The molecule has 0 fully saturated rings. The predicted molar refractivity (Wildman–Crippen MR) is 89.8 cm³/mol. The number of amides is 1. The molecule has 3 rings (SSSR count). The predicted octanol–water partition coefficient (Wildman–Crippen LogP) is 3.81. The van der Waals surface area contributed by atoms with Gasteiger partial charge in [0.15, 0.2) is 11.5 Å². The van der Waals surface area contributed by atoms with Crippen LogP contribution >= 0.6 is 0 Å². The molecule has 0 unspecified atom stereocenters. The van der Waals surface area contributed by atoms with Crippen molar-refractivity contribution in [1.29, 1.82) is 0 Å². The minimum Gasteiger partial charge on any atom is -0.454 e. The highest BCUT2D eigenvalue weighted by Gasteiger charge is 2.29. The molecule has 0 saturated heterocycles. The highest BCUT2D eigenvalue weighted by molar-refractivity contribution is 5.91. The van der Waals surface area contributed by atoms with Crippen LogP contribution in [0.25, 0.3) is 6.08 Å². The van der Waals surface area contributed by atoms with Gasteiger partial charge in [0.25, 0.3) is 0 Å². The van der Waals surface area contributed by atoms with E-state index in [2.05, 4.69) is 5.32 Å². The van der Waals surface area contributed by atoms with Crippen LogP contribution in [-0.2, 0) is 17.4 Å². The summed E-state index contributed by atoms with van der Waals surface area (Å²) in [6, 6.07) is 10.3. The van der Waals surface area contributed by atoms with Gasteiger partial charge in [0, 0.05) is 12.6 Å². The number of benzene rings is 2. The second-order valence-corrected chi connectivity index (χ2v) is 5.68. The SMILES string of the molecule is O=C(/C=C/c1ccc2c(c1)OCO2)NCCc1ccc(C(F)(F)F)cc1. The summed E-state index contributed by atoms with van der Waals surface area (Å²) in [4.78, 5) is 11.8. The third-order valence-corrected chi connectivity index (χ3v) is 3.82. The zero-order chi connectivity index (χ0) is 18.6. The van der Waals surface area contributed by atoms with Crippen molar-refractivity contribution in [3.63, 3.8) is 0 Å². The summed E-state index contributed by atoms with van der Waals surface area (Å²) in [7, 11) is 0. The van der Waals surface area contributed by atoms with Crippen molar-refractivity contribution in [1.82, 2.24) is 5.32 Å². The maximum Gasteiger partial charge on any atom is 0.416 e. The first kappa shape index (κ1) is 17.8. The summed E-state index contributed by atoms with van der Waals surface area (Å²) in [5, 5.41) is 2.69. The zero-order valence-corrected chi connectivity index (χ0v) is 13.7. The maximum absolute atomic E-state index is 12.5. The number of hydrogen-bond acceptors (Lipinski definition) is 3. The number of nitrogens with one attached hydrogen (secondary N) is 1. The molecule has 1 amide bonds. The fraction of sp³-hybridized carbons (Fsp3) is 0.211. The Kier molecular flexibility index (Phi) is 5.16. The lowest BCUT2D eigenvalue weighted by Crippen LogP contribution is -2.23. The Balaban J connectivity index is 1.47. The second-order valence-electron chi connectivity index (χ2n) is 5.68. The standard InChI is InChI=1S/C19H16F3NO3/c20-19(21,22)15-5-1-13(2-6-15)9-10-23-18(24)8-4-14-3-7-16-17(11-14)26-12-25-16/h1-8,11H,9-10,12H2,(H,23,24)/b8-4+. The molecule has 136 valence electrons. The van der Waals surface area contributed by atoms with Crippen molar-refractivity contribution in [3.05, 3.63) is 65.2 Å². The van der Waals surface area contributed by atoms with Crippen molar-refractivity contribution in [2.75, 3.05) is 13.3 Å². The monoisotopic (exact) mass is 363 g/mol. The maximum atomic E-state index is 12.5. The average molecular weight is 363 g/mol. The number of fused-ring (bicyclic) bond motifs is 1. The van der Waals surface area contributed by atoms with Gasteiger partial charge in [0.05, 0.1) is 5.56 Å². The summed E-state index contributed by atoms with van der Waals surface area (Å²) < 4.78 is 48.0. The summed E-state index contributed by atoms with van der Waals surface area (Å²) >= 11 is 0. The minimum absolute atomic E-state index is 0.187. The van der Waals surface area contributed by atoms with Crippen LogP contribution < -0.4 is 14.8 Å². The molecule has 0 saturated carbocycles. The van der Waals surface area contributed by atoms with Gasteiger partial charge >= 0.3 is 6.18 Å². The lowest BCUT2D eigenvalue weighted by Gasteiger charge is -2.07. The lowest BCUT2D eigenvalue weighted by molar-refractivity contribution is -0.137. The molecule has 1 N–H and O–H groups in total. The Morgan fingerprint density at radius 2 is 1.81 bits per heavy atom. The van der Waals surface area contributed by atoms with Gasteiger partial charge in [-0.2, -0.15) is 13.2 Å². The van der Waals surface area contributed by atoms with Gasteiger partial charge in [-0.15, -0.1) is 0 Å². The minimum atomic E-state index is -4.34. The van der Waals surface area contributed by atoms with Crippen LogP contribution in [0.1, 0.15) is 16.7 Å². The Morgan fingerprint density at radius 1 is 1.08 bits per heavy atom. The molecule has 1 aliphatic heterocycles. The third kappa shape index (κ3) is 4.56. The van der Waals surface area contributed by atoms with Crippen LogP contribution in [0.5, 0.6) is 11.5 Å². The molecular formula is C19H16F3NO3. The number of rotatable bonds is 5. The van der Waals surface area contributed by atoms with Gasteiger partial charge in [-0.1, -0.05) is 18.2 Å². The first-order valence-electron chi connectivity index (χ1n) is 7.93.